The van der Waals surface area contributed by atoms with Gasteiger partial charge in [0.1, 0.15) is 6.10 Å². The molecular formula is C13H16O6. The summed E-state index contributed by atoms with van der Waals surface area (Å²) in [5.41, 5.74) is -0.931. The highest BCUT2D eigenvalue weighted by Gasteiger charge is 2.74. The zero-order valence-electron chi connectivity index (χ0n) is 10.5. The largest absolute Gasteiger partial charge is 0.481 e. The third-order valence-corrected chi connectivity index (χ3v) is 5.33. The van der Waals surface area contributed by atoms with E-state index in [0.717, 1.165) is 12.8 Å². The van der Waals surface area contributed by atoms with Gasteiger partial charge in [0.2, 0.25) is 0 Å². The fourth-order valence-electron chi connectivity index (χ4n) is 4.66. The van der Waals surface area contributed by atoms with Crippen LogP contribution in [0.2, 0.25) is 0 Å². The van der Waals surface area contributed by atoms with Crippen LogP contribution in [-0.2, 0) is 23.8 Å². The van der Waals surface area contributed by atoms with Crippen molar-refractivity contribution in [1.29, 1.82) is 0 Å². The highest BCUT2D eigenvalue weighted by atomic mass is 16.7. The standard InChI is InChI=1S/C13H16O6/c14-10(15)8-6-13(17-3-4-18-13)9-2-1-7-5-12(8,9)11(16)19-7/h7-9H,1-6H2,(H,14,15)/t7-,8-,9-,12+/m0/s1. The first-order valence-corrected chi connectivity index (χ1v) is 6.80. The van der Waals surface area contributed by atoms with E-state index in [9.17, 15) is 14.7 Å². The van der Waals surface area contributed by atoms with Crippen molar-refractivity contribution >= 4 is 11.9 Å². The molecule has 4 atom stereocenters. The van der Waals surface area contributed by atoms with Gasteiger partial charge in [0.05, 0.1) is 24.5 Å². The van der Waals surface area contributed by atoms with Gasteiger partial charge in [0, 0.05) is 18.8 Å². The second-order valence-corrected chi connectivity index (χ2v) is 6.01. The summed E-state index contributed by atoms with van der Waals surface area (Å²) in [6, 6.07) is 0. The first-order valence-electron chi connectivity index (χ1n) is 6.80. The Labute approximate surface area is 110 Å². The molecule has 2 bridgehead atoms. The zero-order chi connectivity index (χ0) is 13.3. The van der Waals surface area contributed by atoms with Gasteiger partial charge in [-0.3, -0.25) is 9.59 Å². The molecule has 2 saturated heterocycles. The fourth-order valence-corrected chi connectivity index (χ4v) is 4.66. The van der Waals surface area contributed by atoms with E-state index in [1.807, 2.05) is 0 Å². The minimum atomic E-state index is -0.944. The van der Waals surface area contributed by atoms with E-state index in [-0.39, 0.29) is 24.4 Å². The van der Waals surface area contributed by atoms with Crippen LogP contribution in [0, 0.1) is 17.3 Å². The van der Waals surface area contributed by atoms with Crippen molar-refractivity contribution in [3.05, 3.63) is 0 Å². The fraction of sp³-hybridized carbons (Fsp3) is 0.846. The van der Waals surface area contributed by atoms with E-state index in [0.29, 0.717) is 19.6 Å². The quantitative estimate of drug-likeness (QED) is 0.699. The topological polar surface area (TPSA) is 82.1 Å². The molecule has 0 unspecified atom stereocenters. The molecule has 0 aromatic heterocycles. The SMILES string of the molecule is O=C(O)[C@@H]1CC2(OCCO2)[C@H]2CC[C@H]3C[C@]21C(=O)O3. The number of carboxylic acids is 1. The van der Waals surface area contributed by atoms with Gasteiger partial charge in [-0.25, -0.2) is 0 Å². The molecule has 0 aromatic carbocycles. The molecule has 4 fully saturated rings. The summed E-state index contributed by atoms with van der Waals surface area (Å²) in [4.78, 5) is 23.9. The highest BCUT2D eigenvalue weighted by molar-refractivity contribution is 5.88. The second kappa shape index (κ2) is 3.49. The Balaban J connectivity index is 1.84. The third-order valence-electron chi connectivity index (χ3n) is 5.33. The molecule has 2 saturated carbocycles. The van der Waals surface area contributed by atoms with Crippen LogP contribution in [-0.4, -0.2) is 42.1 Å². The maximum atomic E-state index is 12.3. The van der Waals surface area contributed by atoms with Gasteiger partial charge in [0.15, 0.2) is 5.79 Å². The summed E-state index contributed by atoms with van der Waals surface area (Å²) in [6.45, 7) is 0.939. The Morgan fingerprint density at radius 2 is 1.95 bits per heavy atom. The van der Waals surface area contributed by atoms with Crippen molar-refractivity contribution < 1.29 is 28.9 Å². The second-order valence-electron chi connectivity index (χ2n) is 6.01. The van der Waals surface area contributed by atoms with Gasteiger partial charge in [0.25, 0.3) is 0 Å². The lowest BCUT2D eigenvalue weighted by atomic mass is 9.64. The molecule has 2 aliphatic heterocycles. The number of carbonyl (C=O) groups is 2. The predicted octanol–water partition coefficient (Wildman–Crippen LogP) is 0.546. The molecule has 4 aliphatic rings. The number of hydrogen-bond donors (Lipinski definition) is 1. The van der Waals surface area contributed by atoms with E-state index < -0.39 is 23.1 Å². The molecule has 0 aromatic rings. The molecule has 0 amide bonds. The minimum Gasteiger partial charge on any atom is -0.481 e. The Morgan fingerprint density at radius 1 is 1.21 bits per heavy atom. The van der Waals surface area contributed by atoms with Crippen LogP contribution >= 0.6 is 0 Å². The molecule has 2 heterocycles. The van der Waals surface area contributed by atoms with Crippen LogP contribution in [0.15, 0.2) is 0 Å². The molecule has 4 rings (SSSR count). The van der Waals surface area contributed by atoms with E-state index in [1.165, 1.54) is 0 Å². The van der Waals surface area contributed by atoms with Crippen molar-refractivity contribution in [2.75, 3.05) is 13.2 Å². The van der Waals surface area contributed by atoms with Crippen LogP contribution in [0.3, 0.4) is 0 Å². The molecular weight excluding hydrogens is 252 g/mol. The number of hydrogen-bond acceptors (Lipinski definition) is 5. The molecule has 2 aliphatic carbocycles. The number of ether oxygens (including phenoxy) is 3. The molecule has 0 radical (unpaired) electrons. The Kier molecular flexibility index (Phi) is 2.14. The first kappa shape index (κ1) is 11.7. The summed E-state index contributed by atoms with van der Waals surface area (Å²) < 4.78 is 16.9. The van der Waals surface area contributed by atoms with Gasteiger partial charge >= 0.3 is 11.9 Å². The summed E-state index contributed by atoms with van der Waals surface area (Å²) in [5, 5.41) is 9.51. The van der Waals surface area contributed by atoms with E-state index in [4.69, 9.17) is 14.2 Å². The van der Waals surface area contributed by atoms with Gasteiger partial charge in [-0.1, -0.05) is 0 Å². The molecule has 2 spiro atoms. The monoisotopic (exact) mass is 268 g/mol. The molecule has 6 heteroatoms. The Morgan fingerprint density at radius 3 is 2.63 bits per heavy atom. The van der Waals surface area contributed by atoms with Gasteiger partial charge in [-0.15, -0.1) is 0 Å². The van der Waals surface area contributed by atoms with Gasteiger partial charge in [-0.2, -0.15) is 0 Å². The normalized spacial score (nSPS) is 46.3. The van der Waals surface area contributed by atoms with Crippen molar-refractivity contribution in [2.45, 2.75) is 37.6 Å². The van der Waals surface area contributed by atoms with E-state index >= 15 is 0 Å². The van der Waals surface area contributed by atoms with Crippen molar-refractivity contribution in [2.24, 2.45) is 17.3 Å². The number of rotatable bonds is 1. The first-order chi connectivity index (χ1) is 9.08. The lowest BCUT2D eigenvalue weighted by molar-refractivity contribution is -0.198. The summed E-state index contributed by atoms with van der Waals surface area (Å²) in [6.07, 6.45) is 2.15. The average Bonchev–Trinajstić information content (AvgIpc) is 3.01. The van der Waals surface area contributed by atoms with Gasteiger partial charge < -0.3 is 19.3 Å². The smallest absolute Gasteiger partial charge is 0.313 e. The van der Waals surface area contributed by atoms with Crippen LogP contribution in [0.4, 0.5) is 0 Å². The summed E-state index contributed by atoms with van der Waals surface area (Å²) in [5.74, 6) is -3.12. The lowest BCUT2D eigenvalue weighted by Gasteiger charge is -2.38. The molecule has 19 heavy (non-hydrogen) atoms. The van der Waals surface area contributed by atoms with E-state index in [1.54, 1.807) is 0 Å². The summed E-state index contributed by atoms with van der Waals surface area (Å²) in [7, 11) is 0. The van der Waals surface area contributed by atoms with Crippen LogP contribution in [0.25, 0.3) is 0 Å². The van der Waals surface area contributed by atoms with Crippen molar-refractivity contribution in [1.82, 2.24) is 0 Å². The number of aliphatic carboxylic acids is 1. The lowest BCUT2D eigenvalue weighted by Crippen LogP contribution is -2.46. The maximum Gasteiger partial charge on any atom is 0.313 e. The van der Waals surface area contributed by atoms with Crippen LogP contribution in [0.1, 0.15) is 25.7 Å². The van der Waals surface area contributed by atoms with Crippen molar-refractivity contribution in [3.8, 4) is 0 Å². The van der Waals surface area contributed by atoms with Crippen LogP contribution in [0.5, 0.6) is 0 Å². The zero-order valence-corrected chi connectivity index (χ0v) is 10.5. The third kappa shape index (κ3) is 1.24. The number of fused-ring (bicyclic) bond motifs is 2. The number of carbonyl (C=O) groups excluding carboxylic acids is 1. The summed E-state index contributed by atoms with van der Waals surface area (Å²) >= 11 is 0. The van der Waals surface area contributed by atoms with Gasteiger partial charge in [-0.05, 0) is 12.8 Å². The predicted molar refractivity (Wildman–Crippen MR) is 60.0 cm³/mol. The van der Waals surface area contributed by atoms with Crippen molar-refractivity contribution in [3.63, 3.8) is 0 Å². The Bertz CT molecular complexity index is 454. The minimum absolute atomic E-state index is 0.123. The molecule has 104 valence electrons. The van der Waals surface area contributed by atoms with Crippen LogP contribution < -0.4 is 0 Å². The van der Waals surface area contributed by atoms with E-state index in [2.05, 4.69) is 0 Å². The maximum absolute atomic E-state index is 12.3. The highest BCUT2D eigenvalue weighted by Crippen LogP contribution is 2.65. The molecule has 6 nitrogen and oxygen atoms in total. The number of esters is 1. The average molecular weight is 268 g/mol. The number of carboxylic acid groups (broad SMARTS) is 1. The Hall–Kier alpha value is -1.14. The molecule has 1 N–H and O–H groups in total.